The molecule has 0 amide bonds. The summed E-state index contributed by atoms with van der Waals surface area (Å²) in [4.78, 5) is 2.77. The van der Waals surface area contributed by atoms with Crippen molar-refractivity contribution >= 4 is 0 Å². The summed E-state index contributed by atoms with van der Waals surface area (Å²) >= 11 is 0. The van der Waals surface area contributed by atoms with Crippen LogP contribution in [-0.4, -0.2) is 39.4 Å². The molecule has 1 aliphatic heterocycles. The van der Waals surface area contributed by atoms with Gasteiger partial charge < -0.3 is 5.32 Å². The normalized spacial score (nSPS) is 25.8. The molecule has 0 aromatic carbocycles. The maximum atomic E-state index is 4.62. The van der Waals surface area contributed by atoms with E-state index < -0.39 is 0 Å². The number of nitrogens with zero attached hydrogens (tertiary/aromatic N) is 3. The number of nitrogens with one attached hydrogen (secondary N) is 1. The molecule has 2 fully saturated rings. The zero-order chi connectivity index (χ0) is 14.9. The summed E-state index contributed by atoms with van der Waals surface area (Å²) < 4.78 is 2.18. The molecule has 1 aromatic heterocycles. The fraction of sp³-hybridized carbons (Fsp3) is 0.824. The molecule has 1 aromatic rings. The fourth-order valence-electron chi connectivity index (χ4n) is 4.20. The smallest absolute Gasteiger partial charge is 0.0597 e. The maximum absolute atomic E-state index is 4.62. The summed E-state index contributed by atoms with van der Waals surface area (Å²) in [6, 6.07) is 2.92. The molecule has 4 nitrogen and oxygen atoms in total. The van der Waals surface area contributed by atoms with Gasteiger partial charge in [-0.2, -0.15) is 5.10 Å². The lowest BCUT2D eigenvalue weighted by molar-refractivity contribution is 0.0327. The standard InChI is InChI=1S/C17H30N4/c1-4-15-11-20(17(13-18-15)8-6-7-9-17)12-16-10-14(3)19-21(16)5-2/h10,15,18H,4-9,11-13H2,1-3H3. The van der Waals surface area contributed by atoms with E-state index in [1.165, 1.54) is 50.9 Å². The molecule has 1 spiro atoms. The molecule has 21 heavy (non-hydrogen) atoms. The van der Waals surface area contributed by atoms with Crippen LogP contribution in [0.2, 0.25) is 0 Å². The van der Waals surface area contributed by atoms with Crippen molar-refractivity contribution in [3.8, 4) is 0 Å². The molecule has 1 atom stereocenters. The molecule has 0 bridgehead atoms. The molecule has 0 radical (unpaired) electrons. The Hall–Kier alpha value is -0.870. The van der Waals surface area contributed by atoms with E-state index in [9.17, 15) is 0 Å². The highest BCUT2D eigenvalue weighted by Gasteiger charge is 2.43. The van der Waals surface area contributed by atoms with Crippen LogP contribution in [0.25, 0.3) is 0 Å². The van der Waals surface area contributed by atoms with E-state index >= 15 is 0 Å². The molecular formula is C17H30N4. The molecule has 1 unspecified atom stereocenters. The van der Waals surface area contributed by atoms with Crippen molar-refractivity contribution in [2.75, 3.05) is 13.1 Å². The lowest BCUT2D eigenvalue weighted by Gasteiger charge is -2.48. The molecular weight excluding hydrogens is 260 g/mol. The highest BCUT2D eigenvalue weighted by atomic mass is 15.3. The van der Waals surface area contributed by atoms with Gasteiger partial charge in [0.15, 0.2) is 0 Å². The van der Waals surface area contributed by atoms with Crippen LogP contribution in [0.3, 0.4) is 0 Å². The van der Waals surface area contributed by atoms with Gasteiger partial charge >= 0.3 is 0 Å². The van der Waals surface area contributed by atoms with E-state index in [0.717, 1.165) is 18.8 Å². The third-order valence-electron chi connectivity index (χ3n) is 5.50. The predicted octanol–water partition coefficient (Wildman–Crippen LogP) is 2.71. The Kier molecular flexibility index (Phi) is 4.36. The number of aromatic nitrogens is 2. The van der Waals surface area contributed by atoms with Crippen LogP contribution >= 0.6 is 0 Å². The average Bonchev–Trinajstić information content (AvgIpc) is 3.09. The first kappa shape index (κ1) is 15.0. The predicted molar refractivity (Wildman–Crippen MR) is 86.3 cm³/mol. The van der Waals surface area contributed by atoms with Gasteiger partial charge in [-0.15, -0.1) is 0 Å². The third kappa shape index (κ3) is 2.88. The largest absolute Gasteiger partial charge is 0.311 e. The van der Waals surface area contributed by atoms with Gasteiger partial charge in [0, 0.05) is 37.8 Å². The van der Waals surface area contributed by atoms with Gasteiger partial charge in [-0.1, -0.05) is 19.8 Å². The summed E-state index contributed by atoms with van der Waals surface area (Å²) in [5, 5.41) is 8.41. The van der Waals surface area contributed by atoms with E-state index in [0.29, 0.717) is 11.6 Å². The van der Waals surface area contributed by atoms with Gasteiger partial charge in [0.05, 0.1) is 11.4 Å². The minimum absolute atomic E-state index is 0.405. The zero-order valence-electron chi connectivity index (χ0n) is 13.9. The maximum Gasteiger partial charge on any atom is 0.0597 e. The quantitative estimate of drug-likeness (QED) is 0.925. The average molecular weight is 290 g/mol. The van der Waals surface area contributed by atoms with Crippen LogP contribution in [0.15, 0.2) is 6.07 Å². The van der Waals surface area contributed by atoms with Gasteiger partial charge in [0.25, 0.3) is 0 Å². The Bertz CT molecular complexity index is 473. The molecule has 2 heterocycles. The van der Waals surface area contributed by atoms with Crippen molar-refractivity contribution in [2.24, 2.45) is 0 Å². The lowest BCUT2D eigenvalue weighted by atomic mass is 9.90. The SMILES string of the molecule is CCC1CN(Cc2cc(C)nn2CC)C2(CCCC2)CN1. The van der Waals surface area contributed by atoms with E-state index in [4.69, 9.17) is 0 Å². The molecule has 1 saturated carbocycles. The third-order valence-corrected chi connectivity index (χ3v) is 5.50. The van der Waals surface area contributed by atoms with Gasteiger partial charge in [-0.25, -0.2) is 0 Å². The molecule has 118 valence electrons. The molecule has 1 N–H and O–H groups in total. The van der Waals surface area contributed by atoms with Gasteiger partial charge in [0.2, 0.25) is 0 Å². The van der Waals surface area contributed by atoms with Crippen LogP contribution < -0.4 is 5.32 Å². The van der Waals surface area contributed by atoms with E-state index in [1.807, 2.05) is 0 Å². The van der Waals surface area contributed by atoms with Crippen LogP contribution in [0.1, 0.15) is 57.3 Å². The van der Waals surface area contributed by atoms with Gasteiger partial charge in [-0.3, -0.25) is 9.58 Å². The van der Waals surface area contributed by atoms with Crippen molar-refractivity contribution < 1.29 is 0 Å². The molecule has 2 aliphatic rings. The summed E-state index contributed by atoms with van der Waals surface area (Å²) in [6.45, 7) is 11.0. The van der Waals surface area contributed by atoms with Gasteiger partial charge in [0.1, 0.15) is 0 Å². The summed E-state index contributed by atoms with van der Waals surface area (Å²) in [5.74, 6) is 0. The number of piperazine rings is 1. The Labute approximate surface area is 128 Å². The first-order valence-corrected chi connectivity index (χ1v) is 8.68. The summed E-state index contributed by atoms with van der Waals surface area (Å²) in [5.41, 5.74) is 2.94. The van der Waals surface area contributed by atoms with E-state index in [1.54, 1.807) is 0 Å². The van der Waals surface area contributed by atoms with Crippen LogP contribution in [-0.2, 0) is 13.1 Å². The van der Waals surface area contributed by atoms with Crippen LogP contribution in [0.5, 0.6) is 0 Å². The van der Waals surface area contributed by atoms with Crippen LogP contribution in [0.4, 0.5) is 0 Å². The second-order valence-electron chi connectivity index (χ2n) is 6.89. The Morgan fingerprint density at radius 2 is 2.10 bits per heavy atom. The minimum Gasteiger partial charge on any atom is -0.311 e. The summed E-state index contributed by atoms with van der Waals surface area (Å²) in [7, 11) is 0. The Morgan fingerprint density at radius 1 is 1.33 bits per heavy atom. The highest BCUT2D eigenvalue weighted by Crippen LogP contribution is 2.38. The van der Waals surface area contributed by atoms with Crippen molar-refractivity contribution in [1.29, 1.82) is 0 Å². The number of hydrogen-bond acceptors (Lipinski definition) is 3. The first-order valence-electron chi connectivity index (χ1n) is 8.68. The second kappa shape index (κ2) is 6.09. The van der Waals surface area contributed by atoms with Crippen LogP contribution in [0, 0.1) is 6.92 Å². The summed E-state index contributed by atoms with van der Waals surface area (Å²) in [6.07, 6.45) is 6.71. The molecule has 3 rings (SSSR count). The molecule has 4 heteroatoms. The van der Waals surface area contributed by atoms with Crippen molar-refractivity contribution in [3.05, 3.63) is 17.5 Å². The minimum atomic E-state index is 0.405. The number of aryl methyl sites for hydroxylation is 2. The Morgan fingerprint density at radius 3 is 2.76 bits per heavy atom. The fourth-order valence-corrected chi connectivity index (χ4v) is 4.20. The topological polar surface area (TPSA) is 33.1 Å². The first-order chi connectivity index (χ1) is 10.2. The van der Waals surface area contributed by atoms with E-state index in [2.05, 4.69) is 46.8 Å². The molecule has 1 aliphatic carbocycles. The monoisotopic (exact) mass is 290 g/mol. The van der Waals surface area contributed by atoms with E-state index in [-0.39, 0.29) is 0 Å². The highest BCUT2D eigenvalue weighted by molar-refractivity contribution is 5.11. The lowest BCUT2D eigenvalue weighted by Crippen LogP contribution is -2.63. The van der Waals surface area contributed by atoms with Crippen molar-refractivity contribution in [2.45, 2.75) is 77.5 Å². The molecule has 1 saturated heterocycles. The number of hydrogen-bond donors (Lipinski definition) is 1. The zero-order valence-corrected chi connectivity index (χ0v) is 13.9. The van der Waals surface area contributed by atoms with Gasteiger partial charge in [-0.05, 0) is 39.2 Å². The Balaban J connectivity index is 1.81. The second-order valence-corrected chi connectivity index (χ2v) is 6.89. The van der Waals surface area contributed by atoms with Crippen molar-refractivity contribution in [1.82, 2.24) is 20.0 Å². The number of rotatable bonds is 4. The van der Waals surface area contributed by atoms with Crippen molar-refractivity contribution in [3.63, 3.8) is 0 Å².